The topological polar surface area (TPSA) is 21.3 Å². The molecule has 2 rings (SSSR count). The maximum atomic E-state index is 5.57. The Labute approximate surface area is 134 Å². The maximum Gasteiger partial charge on any atom is 0.0659 e. The van der Waals surface area contributed by atoms with Gasteiger partial charge in [-0.05, 0) is 86.7 Å². The first kappa shape index (κ1) is 15.7. The van der Waals surface area contributed by atoms with Crippen molar-refractivity contribution in [2.24, 2.45) is 0 Å². The average molecular weight is 393 g/mol. The molecule has 0 bridgehead atoms. The van der Waals surface area contributed by atoms with Gasteiger partial charge >= 0.3 is 0 Å². The molecule has 0 saturated heterocycles. The van der Waals surface area contributed by atoms with E-state index in [1.807, 2.05) is 11.3 Å². The summed E-state index contributed by atoms with van der Waals surface area (Å²) < 4.78 is 7.00. The molecule has 0 fully saturated rings. The van der Waals surface area contributed by atoms with Gasteiger partial charge in [-0.2, -0.15) is 0 Å². The zero-order valence-electron chi connectivity index (χ0n) is 11.9. The van der Waals surface area contributed by atoms with Crippen molar-refractivity contribution in [3.05, 3.63) is 19.4 Å². The normalized spacial score (nSPS) is 18.8. The predicted octanol–water partition coefficient (Wildman–Crippen LogP) is 4.52. The molecule has 4 heteroatoms. The Hall–Kier alpha value is 0.350. The van der Waals surface area contributed by atoms with Crippen LogP contribution in [0.2, 0.25) is 0 Å². The van der Waals surface area contributed by atoms with Gasteiger partial charge in [0, 0.05) is 17.5 Å². The van der Waals surface area contributed by atoms with Crippen LogP contribution in [0.1, 0.15) is 56.0 Å². The van der Waals surface area contributed by atoms with Crippen LogP contribution >= 0.6 is 33.9 Å². The summed E-state index contributed by atoms with van der Waals surface area (Å²) in [6.45, 7) is 6.20. The summed E-state index contributed by atoms with van der Waals surface area (Å²) in [6, 6.07) is 2.97. The van der Waals surface area contributed by atoms with Crippen molar-refractivity contribution in [2.45, 2.75) is 58.1 Å². The maximum absolute atomic E-state index is 5.57. The highest BCUT2D eigenvalue weighted by atomic mass is 127. The fraction of sp³-hybridized carbons (Fsp3) is 0.733. The molecule has 0 radical (unpaired) electrons. The number of aryl methyl sites for hydroxylation is 1. The fourth-order valence-corrected chi connectivity index (χ4v) is 4.68. The Morgan fingerprint density at radius 2 is 2.32 bits per heavy atom. The molecule has 1 aliphatic carbocycles. The van der Waals surface area contributed by atoms with Gasteiger partial charge in [0.25, 0.3) is 0 Å². The van der Waals surface area contributed by atoms with Crippen LogP contribution in [0.4, 0.5) is 0 Å². The number of hydrogen-bond donors (Lipinski definition) is 1. The molecule has 1 unspecified atom stereocenters. The van der Waals surface area contributed by atoms with Crippen molar-refractivity contribution in [2.75, 3.05) is 13.2 Å². The van der Waals surface area contributed by atoms with E-state index in [2.05, 4.69) is 47.8 Å². The lowest BCUT2D eigenvalue weighted by Crippen LogP contribution is -2.25. The largest absolute Gasteiger partial charge is 0.379 e. The number of thiophene rings is 1. The third-order valence-electron chi connectivity index (χ3n) is 3.50. The molecule has 0 saturated carbocycles. The minimum atomic E-state index is 0.363. The van der Waals surface area contributed by atoms with Crippen molar-refractivity contribution >= 4 is 33.9 Å². The van der Waals surface area contributed by atoms with Gasteiger partial charge in [0.1, 0.15) is 0 Å². The molecule has 0 amide bonds. The first-order valence-corrected chi connectivity index (χ1v) is 9.19. The second-order valence-corrected chi connectivity index (χ2v) is 8.49. The van der Waals surface area contributed by atoms with E-state index in [4.69, 9.17) is 4.74 Å². The van der Waals surface area contributed by atoms with E-state index in [0.717, 1.165) is 19.6 Å². The van der Waals surface area contributed by atoms with Crippen molar-refractivity contribution in [3.63, 3.8) is 0 Å². The van der Waals surface area contributed by atoms with Gasteiger partial charge in [0.05, 0.1) is 8.99 Å². The quantitative estimate of drug-likeness (QED) is 0.543. The van der Waals surface area contributed by atoms with Gasteiger partial charge in [0.15, 0.2) is 0 Å². The Morgan fingerprint density at radius 1 is 1.47 bits per heavy atom. The summed E-state index contributed by atoms with van der Waals surface area (Å²) >= 11 is 4.42. The second-order valence-electron chi connectivity index (χ2n) is 5.45. The highest BCUT2D eigenvalue weighted by Crippen LogP contribution is 2.36. The van der Waals surface area contributed by atoms with Gasteiger partial charge < -0.3 is 10.1 Å². The zero-order valence-corrected chi connectivity index (χ0v) is 14.9. The smallest absolute Gasteiger partial charge is 0.0659 e. The molecular weight excluding hydrogens is 369 g/mol. The molecule has 108 valence electrons. The van der Waals surface area contributed by atoms with Crippen molar-refractivity contribution < 1.29 is 4.74 Å². The summed E-state index contributed by atoms with van der Waals surface area (Å²) in [6.07, 6.45) is 6.64. The molecular formula is C15H24INOS. The first-order valence-electron chi connectivity index (χ1n) is 7.30. The molecule has 1 N–H and O–H groups in total. The summed E-state index contributed by atoms with van der Waals surface area (Å²) in [5.74, 6) is 0. The molecule has 0 aliphatic heterocycles. The molecule has 1 aliphatic rings. The molecule has 0 spiro atoms. The molecule has 1 aromatic rings. The van der Waals surface area contributed by atoms with Crippen LogP contribution in [-0.4, -0.2) is 19.3 Å². The molecule has 1 atom stereocenters. The monoisotopic (exact) mass is 393 g/mol. The number of rotatable bonds is 7. The van der Waals surface area contributed by atoms with Gasteiger partial charge in [-0.15, -0.1) is 11.3 Å². The summed E-state index contributed by atoms with van der Waals surface area (Å²) in [5.41, 5.74) is 1.57. The Kier molecular flexibility index (Phi) is 6.59. The number of hydrogen-bond acceptors (Lipinski definition) is 3. The van der Waals surface area contributed by atoms with E-state index in [1.165, 1.54) is 28.6 Å². The van der Waals surface area contributed by atoms with Gasteiger partial charge in [-0.3, -0.25) is 0 Å². The lowest BCUT2D eigenvalue weighted by atomic mass is 9.94. The Balaban J connectivity index is 1.69. The van der Waals surface area contributed by atoms with Crippen LogP contribution in [0.15, 0.2) is 6.07 Å². The van der Waals surface area contributed by atoms with E-state index < -0.39 is 0 Å². The molecule has 2 nitrogen and oxygen atoms in total. The predicted molar refractivity (Wildman–Crippen MR) is 91.0 cm³/mol. The van der Waals surface area contributed by atoms with E-state index in [9.17, 15) is 0 Å². The number of nitrogens with one attached hydrogen (secondary N) is 1. The van der Waals surface area contributed by atoms with E-state index in [0.29, 0.717) is 12.1 Å². The number of fused-ring (bicyclic) bond motifs is 1. The second kappa shape index (κ2) is 7.96. The average Bonchev–Trinajstić information content (AvgIpc) is 2.74. The van der Waals surface area contributed by atoms with E-state index in [1.54, 1.807) is 10.4 Å². The highest BCUT2D eigenvalue weighted by molar-refractivity contribution is 14.1. The third kappa shape index (κ3) is 4.99. The lowest BCUT2D eigenvalue weighted by Gasteiger charge is -2.23. The zero-order chi connectivity index (χ0) is 13.7. The van der Waals surface area contributed by atoms with Gasteiger partial charge in [-0.25, -0.2) is 0 Å². The van der Waals surface area contributed by atoms with Crippen molar-refractivity contribution in [1.29, 1.82) is 0 Å². The van der Waals surface area contributed by atoms with Crippen LogP contribution in [0, 0.1) is 2.88 Å². The fourth-order valence-electron chi connectivity index (χ4n) is 2.56. The molecule has 1 heterocycles. The van der Waals surface area contributed by atoms with Gasteiger partial charge in [0.2, 0.25) is 0 Å². The minimum Gasteiger partial charge on any atom is -0.379 e. The van der Waals surface area contributed by atoms with Crippen LogP contribution in [0.3, 0.4) is 0 Å². The Morgan fingerprint density at radius 3 is 3.11 bits per heavy atom. The number of ether oxygens (including phenoxy) is 1. The van der Waals surface area contributed by atoms with Crippen molar-refractivity contribution in [3.8, 4) is 0 Å². The molecule has 0 aromatic carbocycles. The van der Waals surface area contributed by atoms with Crippen LogP contribution in [-0.2, 0) is 11.2 Å². The number of unbranched alkanes of at least 4 members (excludes halogenated alkanes) is 1. The van der Waals surface area contributed by atoms with Gasteiger partial charge in [-0.1, -0.05) is 0 Å². The minimum absolute atomic E-state index is 0.363. The number of halogens is 1. The van der Waals surface area contributed by atoms with Crippen molar-refractivity contribution in [1.82, 2.24) is 5.32 Å². The summed E-state index contributed by atoms with van der Waals surface area (Å²) in [5, 5.41) is 3.73. The molecule has 19 heavy (non-hydrogen) atoms. The highest BCUT2D eigenvalue weighted by Gasteiger charge is 2.21. The third-order valence-corrected chi connectivity index (χ3v) is 5.47. The van der Waals surface area contributed by atoms with E-state index >= 15 is 0 Å². The Bertz CT molecular complexity index is 391. The van der Waals surface area contributed by atoms with Crippen LogP contribution < -0.4 is 5.32 Å². The van der Waals surface area contributed by atoms with Crippen LogP contribution in [0.5, 0.6) is 0 Å². The van der Waals surface area contributed by atoms with Crippen LogP contribution in [0.25, 0.3) is 0 Å². The van der Waals surface area contributed by atoms with E-state index in [-0.39, 0.29) is 0 Å². The standard InChI is InChI=1S/C15H24INOS/c1-11(2)18-9-4-3-8-17-13-6-5-7-14-12(13)10-15(16)19-14/h10-11,13,17H,3-9H2,1-2H3. The molecule has 1 aromatic heterocycles. The summed E-state index contributed by atoms with van der Waals surface area (Å²) in [7, 11) is 0. The lowest BCUT2D eigenvalue weighted by molar-refractivity contribution is 0.0759. The SMILES string of the molecule is CC(C)OCCCCNC1CCCc2sc(I)cc21. The first-order chi connectivity index (χ1) is 9.16. The summed E-state index contributed by atoms with van der Waals surface area (Å²) in [4.78, 5) is 1.61.